The maximum atomic E-state index is 12.1. The molecule has 0 bridgehead atoms. The standard InChI is InChI=1S/C17H25NO2S/c1-14-5-7-15(8-6-14)21-12-9-16(19)18(2)13-17(20)10-3-4-11-17/h5-8,20H,3-4,9-13H2,1-2H3. The van der Waals surface area contributed by atoms with Gasteiger partial charge >= 0.3 is 0 Å². The minimum atomic E-state index is -0.644. The number of rotatable bonds is 6. The highest BCUT2D eigenvalue weighted by Gasteiger charge is 2.33. The van der Waals surface area contributed by atoms with Crippen LogP contribution in [0.15, 0.2) is 29.2 Å². The predicted octanol–water partition coefficient (Wildman–Crippen LogP) is 3.24. The van der Waals surface area contributed by atoms with E-state index in [-0.39, 0.29) is 5.91 Å². The largest absolute Gasteiger partial charge is 0.388 e. The van der Waals surface area contributed by atoms with Crippen molar-refractivity contribution in [3.05, 3.63) is 29.8 Å². The molecular formula is C17H25NO2S. The number of hydrogen-bond donors (Lipinski definition) is 1. The van der Waals surface area contributed by atoms with Crippen LogP contribution in [0.1, 0.15) is 37.7 Å². The molecule has 116 valence electrons. The lowest BCUT2D eigenvalue weighted by Gasteiger charge is -2.28. The van der Waals surface area contributed by atoms with Gasteiger partial charge in [-0.3, -0.25) is 4.79 Å². The second-order valence-corrected chi connectivity index (χ2v) is 7.26. The molecule has 21 heavy (non-hydrogen) atoms. The molecule has 0 spiro atoms. The monoisotopic (exact) mass is 307 g/mol. The van der Waals surface area contributed by atoms with E-state index in [9.17, 15) is 9.90 Å². The summed E-state index contributed by atoms with van der Waals surface area (Å²) in [6, 6.07) is 8.36. The Morgan fingerprint density at radius 1 is 1.29 bits per heavy atom. The molecule has 1 aromatic rings. The van der Waals surface area contributed by atoms with Crippen molar-refractivity contribution in [2.24, 2.45) is 0 Å². The predicted molar refractivity (Wildman–Crippen MR) is 87.6 cm³/mol. The lowest BCUT2D eigenvalue weighted by molar-refractivity contribution is -0.132. The molecule has 4 heteroatoms. The zero-order valence-electron chi connectivity index (χ0n) is 13.0. The van der Waals surface area contributed by atoms with E-state index in [2.05, 4.69) is 31.2 Å². The molecule has 1 aliphatic rings. The van der Waals surface area contributed by atoms with Gasteiger partial charge in [-0.15, -0.1) is 11.8 Å². The van der Waals surface area contributed by atoms with Crippen LogP contribution >= 0.6 is 11.8 Å². The molecule has 1 aromatic carbocycles. The van der Waals surface area contributed by atoms with Crippen molar-refractivity contribution in [2.75, 3.05) is 19.3 Å². The molecule has 0 aromatic heterocycles. The third kappa shape index (κ3) is 5.04. The van der Waals surface area contributed by atoms with E-state index < -0.39 is 5.60 Å². The molecule has 1 saturated carbocycles. The van der Waals surface area contributed by atoms with Crippen LogP contribution in [0, 0.1) is 6.92 Å². The van der Waals surface area contributed by atoms with Gasteiger partial charge in [0, 0.05) is 30.7 Å². The number of nitrogens with zero attached hydrogens (tertiary/aromatic N) is 1. The first-order valence-electron chi connectivity index (χ1n) is 7.64. The summed E-state index contributed by atoms with van der Waals surface area (Å²) in [6.45, 7) is 2.54. The topological polar surface area (TPSA) is 40.5 Å². The summed E-state index contributed by atoms with van der Waals surface area (Å²) in [5, 5.41) is 10.3. The molecule has 0 unspecified atom stereocenters. The third-order valence-corrected chi connectivity index (χ3v) is 5.11. The lowest BCUT2D eigenvalue weighted by Crippen LogP contribution is -2.42. The van der Waals surface area contributed by atoms with Crippen molar-refractivity contribution in [3.63, 3.8) is 0 Å². The Hall–Kier alpha value is -1.00. The highest BCUT2D eigenvalue weighted by atomic mass is 32.2. The molecule has 3 nitrogen and oxygen atoms in total. The maximum absolute atomic E-state index is 12.1. The van der Waals surface area contributed by atoms with Crippen molar-refractivity contribution in [3.8, 4) is 0 Å². The van der Waals surface area contributed by atoms with Crippen LogP contribution in [0.4, 0.5) is 0 Å². The SMILES string of the molecule is Cc1ccc(SCCC(=O)N(C)CC2(O)CCCC2)cc1. The van der Waals surface area contributed by atoms with Crippen LogP contribution in [0.3, 0.4) is 0 Å². The van der Waals surface area contributed by atoms with Gasteiger partial charge in [0.25, 0.3) is 0 Å². The molecule has 1 amide bonds. The smallest absolute Gasteiger partial charge is 0.223 e. The van der Waals surface area contributed by atoms with Crippen molar-refractivity contribution in [1.29, 1.82) is 0 Å². The summed E-state index contributed by atoms with van der Waals surface area (Å²) in [5.41, 5.74) is 0.606. The average molecular weight is 307 g/mol. The van der Waals surface area contributed by atoms with Crippen molar-refractivity contribution < 1.29 is 9.90 Å². The molecule has 0 atom stereocenters. The van der Waals surface area contributed by atoms with Crippen LogP contribution in [0.2, 0.25) is 0 Å². The number of likely N-dealkylation sites (N-methyl/N-ethyl adjacent to an activating group) is 1. The Bertz CT molecular complexity index is 466. The van der Waals surface area contributed by atoms with Gasteiger partial charge in [-0.25, -0.2) is 0 Å². The average Bonchev–Trinajstić information content (AvgIpc) is 2.87. The van der Waals surface area contributed by atoms with E-state index in [4.69, 9.17) is 0 Å². The second kappa shape index (κ2) is 7.32. The summed E-state index contributed by atoms with van der Waals surface area (Å²) in [5.74, 6) is 0.903. The molecular weight excluding hydrogens is 282 g/mol. The summed E-state index contributed by atoms with van der Waals surface area (Å²) >= 11 is 1.71. The van der Waals surface area contributed by atoms with Gasteiger partial charge in [-0.1, -0.05) is 30.5 Å². The fourth-order valence-electron chi connectivity index (χ4n) is 2.80. The van der Waals surface area contributed by atoms with Gasteiger partial charge in [-0.05, 0) is 31.9 Å². The first-order chi connectivity index (χ1) is 9.98. The summed E-state index contributed by atoms with van der Waals surface area (Å²) in [4.78, 5) is 15.0. The molecule has 1 aliphatic carbocycles. The Kier molecular flexibility index (Phi) is 5.71. The molecule has 1 N–H and O–H groups in total. The quantitative estimate of drug-likeness (QED) is 0.820. The second-order valence-electron chi connectivity index (χ2n) is 6.09. The van der Waals surface area contributed by atoms with Gasteiger partial charge in [0.15, 0.2) is 0 Å². The number of benzene rings is 1. The Morgan fingerprint density at radius 2 is 1.90 bits per heavy atom. The fourth-order valence-corrected chi connectivity index (χ4v) is 3.64. The molecule has 2 rings (SSSR count). The van der Waals surface area contributed by atoms with Crippen LogP contribution in [-0.4, -0.2) is 40.9 Å². The lowest BCUT2D eigenvalue weighted by atomic mass is 10.0. The van der Waals surface area contributed by atoms with Crippen LogP contribution in [0.25, 0.3) is 0 Å². The highest BCUT2D eigenvalue weighted by molar-refractivity contribution is 7.99. The van der Waals surface area contributed by atoms with Gasteiger partial charge in [-0.2, -0.15) is 0 Å². The maximum Gasteiger partial charge on any atom is 0.223 e. The van der Waals surface area contributed by atoms with E-state index >= 15 is 0 Å². The highest BCUT2D eigenvalue weighted by Crippen LogP contribution is 2.30. The minimum Gasteiger partial charge on any atom is -0.388 e. The van der Waals surface area contributed by atoms with E-state index in [0.717, 1.165) is 31.4 Å². The molecule has 0 aliphatic heterocycles. The summed E-state index contributed by atoms with van der Waals surface area (Å²) in [6.07, 6.45) is 4.31. The van der Waals surface area contributed by atoms with E-state index in [1.807, 2.05) is 0 Å². The minimum absolute atomic E-state index is 0.120. The fraction of sp³-hybridized carbons (Fsp3) is 0.588. The Morgan fingerprint density at radius 3 is 2.52 bits per heavy atom. The number of carbonyl (C=O) groups excluding carboxylic acids is 1. The number of hydrogen-bond acceptors (Lipinski definition) is 3. The zero-order valence-corrected chi connectivity index (χ0v) is 13.8. The molecule has 0 radical (unpaired) electrons. The Labute approximate surface area is 131 Å². The molecule has 0 heterocycles. The van der Waals surface area contributed by atoms with Gasteiger partial charge < -0.3 is 10.0 Å². The number of amides is 1. The number of aliphatic hydroxyl groups is 1. The van der Waals surface area contributed by atoms with Gasteiger partial charge in [0.05, 0.1) is 5.60 Å². The molecule has 1 fully saturated rings. The van der Waals surface area contributed by atoms with Crippen molar-refractivity contribution >= 4 is 17.7 Å². The van der Waals surface area contributed by atoms with Crippen LogP contribution < -0.4 is 0 Å². The first-order valence-corrected chi connectivity index (χ1v) is 8.63. The molecule has 0 saturated heterocycles. The zero-order chi connectivity index (χ0) is 15.3. The van der Waals surface area contributed by atoms with E-state index in [1.165, 1.54) is 10.5 Å². The summed E-state index contributed by atoms with van der Waals surface area (Å²) < 4.78 is 0. The number of carbonyl (C=O) groups is 1. The Balaban J connectivity index is 1.72. The number of aryl methyl sites for hydroxylation is 1. The van der Waals surface area contributed by atoms with Crippen LogP contribution in [-0.2, 0) is 4.79 Å². The third-order valence-electron chi connectivity index (χ3n) is 4.10. The van der Waals surface area contributed by atoms with Gasteiger partial charge in [0.2, 0.25) is 5.91 Å². The normalized spacial score (nSPS) is 16.9. The van der Waals surface area contributed by atoms with E-state index in [0.29, 0.717) is 13.0 Å². The van der Waals surface area contributed by atoms with Crippen molar-refractivity contribution in [1.82, 2.24) is 4.90 Å². The van der Waals surface area contributed by atoms with Crippen molar-refractivity contribution in [2.45, 2.75) is 49.5 Å². The van der Waals surface area contributed by atoms with Crippen LogP contribution in [0.5, 0.6) is 0 Å². The first kappa shape index (κ1) is 16.4. The number of thioether (sulfide) groups is 1. The van der Waals surface area contributed by atoms with Gasteiger partial charge in [0.1, 0.15) is 0 Å². The summed E-state index contributed by atoms with van der Waals surface area (Å²) in [7, 11) is 1.80. The van der Waals surface area contributed by atoms with E-state index in [1.54, 1.807) is 23.7 Å².